The van der Waals surface area contributed by atoms with Gasteiger partial charge in [-0.3, -0.25) is 4.79 Å². The highest BCUT2D eigenvalue weighted by molar-refractivity contribution is 5.85. The Bertz CT molecular complexity index is 586. The minimum atomic E-state index is -0.739. The van der Waals surface area contributed by atoms with Crippen LogP contribution in [0.15, 0.2) is 23.2 Å². The molecule has 22 heavy (non-hydrogen) atoms. The Labute approximate surface area is 130 Å². The number of nitrogens with zero attached hydrogens (tertiary/aromatic N) is 2. The molecule has 1 amide bonds. The summed E-state index contributed by atoms with van der Waals surface area (Å²) in [6.07, 6.45) is -0.281. The molecule has 2 atom stereocenters. The molecule has 0 aromatic heterocycles. The van der Waals surface area contributed by atoms with E-state index in [1.807, 2.05) is 37.1 Å². The van der Waals surface area contributed by atoms with Gasteiger partial charge in [0.2, 0.25) is 5.91 Å². The van der Waals surface area contributed by atoms with Gasteiger partial charge in [0, 0.05) is 20.7 Å². The lowest BCUT2D eigenvalue weighted by molar-refractivity contribution is -0.121. The van der Waals surface area contributed by atoms with Gasteiger partial charge in [0.05, 0.1) is 24.3 Å². The number of nitrogens with two attached hydrogens (primary N) is 1. The SMILES string of the molecule is COCCN(C)C(C)=Nc1ccc2c(c1)[C@@H](C(N)=O)[C@H](O)C2. The number of fused-ring (bicyclic) bond motifs is 1. The van der Waals surface area contributed by atoms with Gasteiger partial charge in [-0.05, 0) is 36.6 Å². The molecule has 6 nitrogen and oxygen atoms in total. The number of aliphatic imine (C=N–C) groups is 1. The molecule has 0 unspecified atom stereocenters. The number of carbonyl (C=O) groups excluding carboxylic acids is 1. The Balaban J connectivity index is 2.23. The van der Waals surface area contributed by atoms with Crippen molar-refractivity contribution in [2.45, 2.75) is 25.4 Å². The fraction of sp³-hybridized carbons (Fsp3) is 0.500. The molecule has 0 aliphatic heterocycles. The van der Waals surface area contributed by atoms with Crippen LogP contribution in [0, 0.1) is 0 Å². The zero-order valence-electron chi connectivity index (χ0n) is 13.2. The lowest BCUT2D eigenvalue weighted by Crippen LogP contribution is -2.28. The zero-order chi connectivity index (χ0) is 16.3. The predicted octanol–water partition coefficient (Wildman–Crippen LogP) is 0.801. The van der Waals surface area contributed by atoms with Crippen LogP contribution >= 0.6 is 0 Å². The van der Waals surface area contributed by atoms with E-state index in [9.17, 15) is 9.90 Å². The molecule has 120 valence electrons. The van der Waals surface area contributed by atoms with E-state index in [2.05, 4.69) is 4.99 Å². The van der Waals surface area contributed by atoms with E-state index in [0.717, 1.165) is 29.2 Å². The number of ether oxygens (including phenoxy) is 1. The van der Waals surface area contributed by atoms with E-state index in [1.54, 1.807) is 7.11 Å². The summed E-state index contributed by atoms with van der Waals surface area (Å²) in [6, 6.07) is 5.64. The Hall–Kier alpha value is -1.92. The third-order valence-electron chi connectivity index (χ3n) is 4.06. The molecular weight excluding hydrogens is 282 g/mol. The van der Waals surface area contributed by atoms with Crippen LogP contribution in [0.25, 0.3) is 0 Å². The van der Waals surface area contributed by atoms with Crippen LogP contribution in [0.5, 0.6) is 0 Å². The molecule has 1 aliphatic rings. The van der Waals surface area contributed by atoms with Crippen LogP contribution in [-0.4, -0.2) is 55.2 Å². The van der Waals surface area contributed by atoms with Gasteiger partial charge < -0.3 is 20.5 Å². The molecule has 6 heteroatoms. The third-order valence-corrected chi connectivity index (χ3v) is 4.06. The summed E-state index contributed by atoms with van der Waals surface area (Å²) in [6.45, 7) is 3.30. The number of carbonyl (C=O) groups is 1. The van der Waals surface area contributed by atoms with E-state index < -0.39 is 17.9 Å². The van der Waals surface area contributed by atoms with Crippen LogP contribution in [0.2, 0.25) is 0 Å². The minimum absolute atomic E-state index is 0.458. The first-order valence-electron chi connectivity index (χ1n) is 7.29. The van der Waals surface area contributed by atoms with Crippen molar-refractivity contribution in [2.24, 2.45) is 10.7 Å². The van der Waals surface area contributed by atoms with Gasteiger partial charge in [-0.15, -0.1) is 0 Å². The molecule has 1 aromatic rings. The van der Waals surface area contributed by atoms with Crippen LogP contribution in [0.1, 0.15) is 24.0 Å². The van der Waals surface area contributed by atoms with Crippen molar-refractivity contribution in [3.63, 3.8) is 0 Å². The molecule has 2 rings (SSSR count). The highest BCUT2D eigenvalue weighted by Crippen LogP contribution is 2.35. The van der Waals surface area contributed by atoms with Crippen LogP contribution in [0.3, 0.4) is 0 Å². The number of likely N-dealkylation sites (N-methyl/N-ethyl adjacent to an activating group) is 1. The maximum absolute atomic E-state index is 11.5. The number of primary amides is 1. The van der Waals surface area contributed by atoms with Crippen molar-refractivity contribution in [2.75, 3.05) is 27.3 Å². The van der Waals surface area contributed by atoms with Gasteiger partial charge in [-0.25, -0.2) is 4.99 Å². The summed E-state index contributed by atoms with van der Waals surface area (Å²) in [7, 11) is 3.61. The largest absolute Gasteiger partial charge is 0.392 e. The summed E-state index contributed by atoms with van der Waals surface area (Å²) < 4.78 is 5.05. The zero-order valence-corrected chi connectivity index (χ0v) is 13.2. The summed E-state index contributed by atoms with van der Waals surface area (Å²) in [5.41, 5.74) is 7.90. The number of amides is 1. The molecule has 1 aromatic carbocycles. The van der Waals surface area contributed by atoms with E-state index in [1.165, 1.54) is 0 Å². The first-order chi connectivity index (χ1) is 10.4. The number of amidine groups is 1. The summed E-state index contributed by atoms with van der Waals surface area (Å²) in [4.78, 5) is 18.1. The topological polar surface area (TPSA) is 88.1 Å². The van der Waals surface area contributed by atoms with Crippen molar-refractivity contribution in [3.8, 4) is 0 Å². The minimum Gasteiger partial charge on any atom is -0.392 e. The van der Waals surface area contributed by atoms with E-state index >= 15 is 0 Å². The second kappa shape index (κ2) is 6.89. The smallest absolute Gasteiger partial charge is 0.227 e. The first-order valence-corrected chi connectivity index (χ1v) is 7.29. The molecule has 0 heterocycles. The van der Waals surface area contributed by atoms with Crippen molar-refractivity contribution in [1.82, 2.24) is 4.90 Å². The lowest BCUT2D eigenvalue weighted by Gasteiger charge is -2.18. The molecule has 3 N–H and O–H groups in total. The average Bonchev–Trinajstić information content (AvgIpc) is 2.79. The van der Waals surface area contributed by atoms with Crippen molar-refractivity contribution < 1.29 is 14.6 Å². The van der Waals surface area contributed by atoms with Crippen LogP contribution in [-0.2, 0) is 16.0 Å². The summed E-state index contributed by atoms with van der Waals surface area (Å²) in [5.74, 6) is -0.288. The van der Waals surface area contributed by atoms with Crippen molar-refractivity contribution >= 4 is 17.4 Å². The molecule has 0 fully saturated rings. The van der Waals surface area contributed by atoms with E-state index in [-0.39, 0.29) is 0 Å². The Morgan fingerprint density at radius 3 is 2.91 bits per heavy atom. The fourth-order valence-corrected chi connectivity index (χ4v) is 2.68. The van der Waals surface area contributed by atoms with Gasteiger partial charge in [-0.2, -0.15) is 0 Å². The van der Waals surface area contributed by atoms with Crippen LogP contribution < -0.4 is 5.73 Å². The third kappa shape index (κ3) is 3.45. The van der Waals surface area contributed by atoms with E-state index in [0.29, 0.717) is 13.0 Å². The summed E-state index contributed by atoms with van der Waals surface area (Å²) in [5, 5.41) is 9.98. The van der Waals surface area contributed by atoms with E-state index in [4.69, 9.17) is 10.5 Å². The lowest BCUT2D eigenvalue weighted by atomic mass is 9.99. The number of methoxy groups -OCH3 is 1. The molecule has 0 radical (unpaired) electrons. The number of benzene rings is 1. The van der Waals surface area contributed by atoms with Gasteiger partial charge in [0.25, 0.3) is 0 Å². The number of aliphatic hydroxyl groups excluding tert-OH is 1. The Morgan fingerprint density at radius 2 is 2.27 bits per heavy atom. The maximum Gasteiger partial charge on any atom is 0.227 e. The number of hydrogen-bond acceptors (Lipinski definition) is 4. The Morgan fingerprint density at radius 1 is 1.55 bits per heavy atom. The molecule has 1 aliphatic carbocycles. The first kappa shape index (κ1) is 16.5. The quantitative estimate of drug-likeness (QED) is 0.622. The fourth-order valence-electron chi connectivity index (χ4n) is 2.68. The van der Waals surface area contributed by atoms with Gasteiger partial charge in [0.1, 0.15) is 5.84 Å². The van der Waals surface area contributed by atoms with Crippen molar-refractivity contribution in [3.05, 3.63) is 29.3 Å². The average molecular weight is 305 g/mol. The van der Waals surface area contributed by atoms with Gasteiger partial charge >= 0.3 is 0 Å². The standard InChI is InChI=1S/C16H23N3O3/c1-10(19(2)6-7-22-3)18-12-5-4-11-8-14(20)15(16(17)21)13(11)9-12/h4-5,9,14-15,20H,6-8H2,1-3H3,(H2,17,21)/t14-,15-/m1/s1. The molecule has 0 saturated carbocycles. The summed E-state index contributed by atoms with van der Waals surface area (Å²) >= 11 is 0. The number of rotatable bonds is 5. The van der Waals surface area contributed by atoms with Crippen LogP contribution in [0.4, 0.5) is 5.69 Å². The van der Waals surface area contributed by atoms with Gasteiger partial charge in [-0.1, -0.05) is 6.07 Å². The normalized spacial score (nSPS) is 20.8. The second-order valence-electron chi connectivity index (χ2n) is 5.61. The second-order valence-corrected chi connectivity index (χ2v) is 5.61. The predicted molar refractivity (Wildman–Crippen MR) is 85.4 cm³/mol. The monoisotopic (exact) mass is 305 g/mol. The molecule has 0 spiro atoms. The Kier molecular flexibility index (Phi) is 5.15. The number of hydrogen-bond donors (Lipinski definition) is 2. The molecular formula is C16H23N3O3. The molecule has 0 bridgehead atoms. The highest BCUT2D eigenvalue weighted by Gasteiger charge is 2.35. The molecule has 0 saturated heterocycles. The van der Waals surface area contributed by atoms with Crippen molar-refractivity contribution in [1.29, 1.82) is 0 Å². The highest BCUT2D eigenvalue weighted by atomic mass is 16.5. The number of aliphatic hydroxyl groups is 1. The maximum atomic E-state index is 11.5. The van der Waals surface area contributed by atoms with Gasteiger partial charge in [0.15, 0.2) is 0 Å².